The number of aldehydes is 4. The zero-order chi connectivity index (χ0) is 36.3. The first-order chi connectivity index (χ1) is 25.3. The average molecular weight is 683 g/mol. The van der Waals surface area contributed by atoms with Crippen molar-refractivity contribution in [1.82, 2.24) is 0 Å². The van der Waals surface area contributed by atoms with Crippen LogP contribution in [0.3, 0.4) is 0 Å². The van der Waals surface area contributed by atoms with Gasteiger partial charge in [0.2, 0.25) is 0 Å². The zero-order valence-electron chi connectivity index (χ0n) is 27.1. The summed E-state index contributed by atoms with van der Waals surface area (Å²) in [6.07, 6.45) is 2.85. The highest BCUT2D eigenvalue weighted by molar-refractivity contribution is 6.37. The molecule has 0 radical (unpaired) electrons. The molecule has 0 spiro atoms. The number of hydrogen-bond donors (Lipinski definition) is 4. The summed E-state index contributed by atoms with van der Waals surface area (Å²) in [5.41, 5.74) is 5.88. The number of rotatable bonds is 8. The molecule has 4 N–H and O–H groups in total. The van der Waals surface area contributed by atoms with Gasteiger partial charge in [-0.15, -0.1) is 0 Å². The van der Waals surface area contributed by atoms with Crippen LogP contribution in [0.25, 0.3) is 76.8 Å². The summed E-state index contributed by atoms with van der Waals surface area (Å²) in [6.45, 7) is 0. The van der Waals surface area contributed by atoms with Crippen LogP contribution in [0.1, 0.15) is 41.4 Å². The van der Waals surface area contributed by atoms with Crippen molar-refractivity contribution in [3.05, 3.63) is 131 Å². The third-order valence-corrected chi connectivity index (χ3v) is 9.73. The summed E-state index contributed by atoms with van der Waals surface area (Å²) >= 11 is 0. The molecule has 8 nitrogen and oxygen atoms in total. The molecule has 0 bridgehead atoms. The monoisotopic (exact) mass is 682 g/mol. The Balaban J connectivity index is 1.64. The van der Waals surface area contributed by atoms with Crippen molar-refractivity contribution in [2.45, 2.75) is 0 Å². The molecule has 0 atom stereocenters. The van der Waals surface area contributed by atoms with Crippen molar-refractivity contribution in [2.24, 2.45) is 0 Å². The molecule has 0 saturated carbocycles. The summed E-state index contributed by atoms with van der Waals surface area (Å²) in [7, 11) is 0. The Kier molecular flexibility index (Phi) is 7.50. The topological polar surface area (TPSA) is 149 Å². The fourth-order valence-corrected chi connectivity index (χ4v) is 7.20. The lowest BCUT2D eigenvalue weighted by molar-refractivity contribution is 0.111. The second-order valence-corrected chi connectivity index (χ2v) is 12.5. The van der Waals surface area contributed by atoms with Gasteiger partial charge in [-0.3, -0.25) is 19.2 Å². The van der Waals surface area contributed by atoms with Gasteiger partial charge in [-0.2, -0.15) is 0 Å². The molecule has 8 rings (SSSR count). The standard InChI is InChI=1S/C44H26O8/c45-19-23-1-9-27(10-2-23)31-17-32(28-11-3-24(20-46)4-12-28)36-39-35(31)41(49)42(50)37-33(29-13-5-25(21-47)6-14-29)18-34(30-15-7-26(22-48)8-16-30)38(40(37)39)44(52)43(36)51/h1-22,49-52H. The summed E-state index contributed by atoms with van der Waals surface area (Å²) in [6, 6.07) is 30.2. The fraction of sp³-hybridized carbons (Fsp3) is 0. The smallest absolute Gasteiger partial charge is 0.166 e. The molecule has 250 valence electrons. The molecular weight excluding hydrogens is 656 g/mol. The van der Waals surface area contributed by atoms with Gasteiger partial charge in [-0.05, 0) is 56.6 Å². The summed E-state index contributed by atoms with van der Waals surface area (Å²) in [5, 5.41) is 49.5. The van der Waals surface area contributed by atoms with Gasteiger partial charge in [0, 0.05) is 54.6 Å². The quantitative estimate of drug-likeness (QED) is 0.0704. The molecule has 0 amide bonds. The molecule has 0 fully saturated rings. The SMILES string of the molecule is O=Cc1ccc(-c2cc(-c3ccc(C=O)cc3)c3c(O)c(O)c4c(-c5ccc(C=O)cc5)cc(-c5ccc(C=O)cc5)c5c(O)c(O)c2c3c54)cc1. The van der Waals surface area contributed by atoms with Gasteiger partial charge < -0.3 is 20.4 Å². The summed E-state index contributed by atoms with van der Waals surface area (Å²) < 4.78 is 0. The first-order valence-electron chi connectivity index (χ1n) is 16.2. The van der Waals surface area contributed by atoms with Gasteiger partial charge in [0.15, 0.2) is 23.0 Å². The molecule has 0 unspecified atom stereocenters. The number of benzene rings is 8. The maximum atomic E-state index is 12.0. The number of aromatic hydroxyl groups is 4. The number of hydrogen-bond acceptors (Lipinski definition) is 8. The van der Waals surface area contributed by atoms with E-state index in [0.717, 1.165) is 0 Å². The van der Waals surface area contributed by atoms with Gasteiger partial charge >= 0.3 is 0 Å². The predicted molar refractivity (Wildman–Crippen MR) is 200 cm³/mol. The summed E-state index contributed by atoms with van der Waals surface area (Å²) in [5.74, 6) is -1.91. The second kappa shape index (κ2) is 12.2. The summed E-state index contributed by atoms with van der Waals surface area (Å²) in [4.78, 5) is 46.2. The Hall–Kier alpha value is -7.32. The minimum Gasteiger partial charge on any atom is -0.504 e. The molecular formula is C44H26O8. The van der Waals surface area contributed by atoms with E-state index >= 15 is 0 Å². The van der Waals surface area contributed by atoms with Gasteiger partial charge in [0.1, 0.15) is 25.1 Å². The molecule has 0 heterocycles. The van der Waals surface area contributed by atoms with Crippen LogP contribution in [-0.4, -0.2) is 45.6 Å². The number of carbonyl (C=O) groups is 4. The zero-order valence-corrected chi connectivity index (χ0v) is 27.1. The van der Waals surface area contributed by atoms with E-state index in [2.05, 4.69) is 0 Å². The van der Waals surface area contributed by atoms with Gasteiger partial charge in [-0.25, -0.2) is 0 Å². The minimum absolute atomic E-state index is 0.183. The molecule has 0 aliphatic heterocycles. The van der Waals surface area contributed by atoms with Gasteiger partial charge in [-0.1, -0.05) is 97.1 Å². The minimum atomic E-state index is -0.477. The van der Waals surface area contributed by atoms with E-state index in [9.17, 15) is 39.6 Å². The van der Waals surface area contributed by atoms with E-state index in [1.165, 1.54) is 0 Å². The van der Waals surface area contributed by atoms with Crippen LogP contribution in [0.15, 0.2) is 109 Å². The van der Waals surface area contributed by atoms with Crippen LogP contribution in [0.5, 0.6) is 23.0 Å². The van der Waals surface area contributed by atoms with E-state index in [1.54, 1.807) is 109 Å². The third kappa shape index (κ3) is 4.77. The van der Waals surface area contributed by atoms with Crippen LogP contribution in [0, 0.1) is 0 Å². The van der Waals surface area contributed by atoms with Gasteiger partial charge in [0.05, 0.1) is 0 Å². The largest absolute Gasteiger partial charge is 0.504 e. The average Bonchev–Trinajstić information content (AvgIpc) is 3.20. The maximum absolute atomic E-state index is 12.0. The second-order valence-electron chi connectivity index (χ2n) is 12.5. The van der Waals surface area contributed by atoms with E-state index < -0.39 is 23.0 Å². The number of phenolic OH excluding ortho intramolecular Hbond substituents is 4. The fourth-order valence-electron chi connectivity index (χ4n) is 7.20. The van der Waals surface area contributed by atoms with E-state index in [4.69, 9.17) is 0 Å². The number of carbonyl (C=O) groups excluding carboxylic acids is 4. The Morgan fingerprint density at radius 3 is 0.654 bits per heavy atom. The molecule has 8 heteroatoms. The van der Waals surface area contributed by atoms with Crippen molar-refractivity contribution >= 4 is 57.5 Å². The third-order valence-electron chi connectivity index (χ3n) is 9.73. The Morgan fingerprint density at radius 2 is 0.481 bits per heavy atom. The lowest BCUT2D eigenvalue weighted by Gasteiger charge is -2.24. The van der Waals surface area contributed by atoms with Crippen LogP contribution in [0.4, 0.5) is 0 Å². The van der Waals surface area contributed by atoms with Crippen molar-refractivity contribution in [1.29, 1.82) is 0 Å². The molecule has 52 heavy (non-hydrogen) atoms. The molecule has 8 aromatic carbocycles. The van der Waals surface area contributed by atoms with Crippen LogP contribution in [-0.2, 0) is 0 Å². The van der Waals surface area contributed by atoms with Crippen LogP contribution < -0.4 is 0 Å². The maximum Gasteiger partial charge on any atom is 0.166 e. The lowest BCUT2D eigenvalue weighted by atomic mass is 9.80. The van der Waals surface area contributed by atoms with E-state index in [1.807, 2.05) is 0 Å². The van der Waals surface area contributed by atoms with E-state index in [-0.39, 0.29) is 21.5 Å². The molecule has 0 aliphatic carbocycles. The van der Waals surface area contributed by atoms with E-state index in [0.29, 0.717) is 103 Å². The van der Waals surface area contributed by atoms with Crippen molar-refractivity contribution < 1.29 is 39.6 Å². The first kappa shape index (κ1) is 31.9. The van der Waals surface area contributed by atoms with Gasteiger partial charge in [0.25, 0.3) is 0 Å². The van der Waals surface area contributed by atoms with Crippen molar-refractivity contribution in [3.8, 4) is 67.5 Å². The van der Waals surface area contributed by atoms with Crippen molar-refractivity contribution in [2.75, 3.05) is 0 Å². The Morgan fingerprint density at radius 1 is 0.288 bits per heavy atom. The van der Waals surface area contributed by atoms with Crippen molar-refractivity contribution in [3.63, 3.8) is 0 Å². The predicted octanol–water partition coefficient (Wildman–Crippen LogP) is 9.32. The molecule has 0 saturated heterocycles. The molecule has 0 aromatic heterocycles. The molecule has 0 aliphatic rings. The first-order valence-corrected chi connectivity index (χ1v) is 16.2. The van der Waals surface area contributed by atoms with Crippen LogP contribution >= 0.6 is 0 Å². The Labute approximate surface area is 295 Å². The number of phenols is 4. The Bertz CT molecular complexity index is 2370. The molecule has 8 aromatic rings. The lowest BCUT2D eigenvalue weighted by Crippen LogP contribution is -1.97. The van der Waals surface area contributed by atoms with Crippen LogP contribution in [0.2, 0.25) is 0 Å². The highest BCUT2D eigenvalue weighted by atomic mass is 16.3. The highest BCUT2D eigenvalue weighted by Gasteiger charge is 2.30. The normalized spacial score (nSPS) is 11.3. The highest BCUT2D eigenvalue weighted by Crippen LogP contribution is 2.59.